The third-order valence-electron chi connectivity index (χ3n) is 3.18. The quantitative estimate of drug-likeness (QED) is 0.464. The summed E-state index contributed by atoms with van der Waals surface area (Å²) in [5.74, 6) is -1.56. The number of hydrogen-bond acceptors (Lipinski definition) is 6. The third kappa shape index (κ3) is 3.51. The van der Waals surface area contributed by atoms with Crippen LogP contribution in [0.1, 0.15) is 12.0 Å². The van der Waals surface area contributed by atoms with E-state index in [0.717, 1.165) is 6.20 Å². The van der Waals surface area contributed by atoms with Crippen molar-refractivity contribution in [2.24, 2.45) is 5.92 Å². The molecule has 0 N–H and O–H groups in total. The molecule has 114 valence electrons. The van der Waals surface area contributed by atoms with E-state index in [1.807, 2.05) is 0 Å². The first kappa shape index (κ1) is 15.3. The molecular formula is C11H12FN3O5S. The number of carbonyl (C=O) groups excluding carboxylic acids is 1. The molecule has 0 spiro atoms. The molecule has 0 aromatic carbocycles. The van der Waals surface area contributed by atoms with Crippen LogP contribution in [-0.4, -0.2) is 36.5 Å². The molecule has 1 aromatic heterocycles. The largest absolute Gasteiger partial charge is 0.302 e. The van der Waals surface area contributed by atoms with Gasteiger partial charge in [0.25, 0.3) is 5.69 Å². The lowest BCUT2D eigenvalue weighted by molar-refractivity contribution is -0.385. The maximum absolute atomic E-state index is 12.7. The van der Waals surface area contributed by atoms with E-state index in [9.17, 15) is 27.2 Å². The molecule has 1 fully saturated rings. The monoisotopic (exact) mass is 317 g/mol. The van der Waals surface area contributed by atoms with Gasteiger partial charge in [-0.2, -0.15) is 8.42 Å². The predicted octanol–water partition coefficient (Wildman–Crippen LogP) is 0.950. The number of nitro groups is 1. The highest BCUT2D eigenvalue weighted by Crippen LogP contribution is 2.27. The van der Waals surface area contributed by atoms with Crippen LogP contribution in [0.2, 0.25) is 0 Å². The predicted molar refractivity (Wildman–Crippen MR) is 71.0 cm³/mol. The van der Waals surface area contributed by atoms with Crippen LogP contribution in [0.4, 0.5) is 15.4 Å². The fraction of sp³-hybridized carbons (Fsp3) is 0.455. The molecule has 2 heterocycles. The number of halogens is 1. The summed E-state index contributed by atoms with van der Waals surface area (Å²) < 4.78 is 33.9. The van der Waals surface area contributed by atoms with Gasteiger partial charge in [0, 0.05) is 24.4 Å². The van der Waals surface area contributed by atoms with Crippen molar-refractivity contribution in [3.63, 3.8) is 0 Å². The lowest BCUT2D eigenvalue weighted by Crippen LogP contribution is -2.26. The summed E-state index contributed by atoms with van der Waals surface area (Å²) in [6.45, 7) is 1.53. The topological polar surface area (TPSA) is 110 Å². The maximum Gasteiger partial charge on any atom is 0.302 e. The Morgan fingerprint density at radius 1 is 1.57 bits per heavy atom. The Kier molecular flexibility index (Phi) is 3.90. The minimum absolute atomic E-state index is 0.0201. The minimum Gasteiger partial charge on any atom is -0.296 e. The molecule has 8 nitrogen and oxygen atoms in total. The number of pyridine rings is 1. The molecule has 2 rings (SSSR count). The Balaban J connectivity index is 2.21. The van der Waals surface area contributed by atoms with E-state index in [4.69, 9.17) is 0 Å². The number of anilines is 1. The molecule has 0 bridgehead atoms. The summed E-state index contributed by atoms with van der Waals surface area (Å²) in [5.41, 5.74) is 0.160. The average Bonchev–Trinajstić information content (AvgIpc) is 2.66. The Hall–Kier alpha value is -2.10. The summed E-state index contributed by atoms with van der Waals surface area (Å²) in [7, 11) is -4.65. The molecule has 1 aliphatic rings. The first-order valence-electron chi connectivity index (χ1n) is 6.01. The summed E-state index contributed by atoms with van der Waals surface area (Å²) in [4.78, 5) is 27.0. The van der Waals surface area contributed by atoms with E-state index < -0.39 is 26.8 Å². The highest BCUT2D eigenvalue weighted by Gasteiger charge is 2.34. The van der Waals surface area contributed by atoms with Gasteiger partial charge in [0.2, 0.25) is 5.91 Å². The van der Waals surface area contributed by atoms with Crippen LogP contribution in [0.15, 0.2) is 12.3 Å². The van der Waals surface area contributed by atoms with Crippen LogP contribution in [0.25, 0.3) is 0 Å². The van der Waals surface area contributed by atoms with Crippen LogP contribution in [0, 0.1) is 23.0 Å². The molecule has 1 aliphatic heterocycles. The van der Waals surface area contributed by atoms with Gasteiger partial charge in [-0.25, -0.2) is 4.98 Å². The van der Waals surface area contributed by atoms with Crippen molar-refractivity contribution in [1.82, 2.24) is 4.98 Å². The van der Waals surface area contributed by atoms with Crippen LogP contribution in [0.5, 0.6) is 0 Å². The molecule has 1 amide bonds. The van der Waals surface area contributed by atoms with Gasteiger partial charge in [-0.05, 0) is 13.0 Å². The van der Waals surface area contributed by atoms with E-state index in [1.165, 1.54) is 17.9 Å². The number of carbonyl (C=O) groups is 1. The molecule has 1 unspecified atom stereocenters. The maximum atomic E-state index is 12.7. The number of rotatable bonds is 4. The molecule has 1 saturated heterocycles. The van der Waals surface area contributed by atoms with Crippen LogP contribution < -0.4 is 4.90 Å². The van der Waals surface area contributed by atoms with Crippen molar-refractivity contribution in [3.8, 4) is 0 Å². The van der Waals surface area contributed by atoms with Crippen molar-refractivity contribution < 1.29 is 22.0 Å². The zero-order valence-electron chi connectivity index (χ0n) is 11.0. The van der Waals surface area contributed by atoms with E-state index >= 15 is 0 Å². The molecule has 0 saturated carbocycles. The first-order chi connectivity index (χ1) is 9.67. The second-order valence-corrected chi connectivity index (χ2v) is 6.28. The van der Waals surface area contributed by atoms with Crippen LogP contribution in [0.3, 0.4) is 0 Å². The zero-order valence-corrected chi connectivity index (χ0v) is 11.8. The SMILES string of the molecule is Cc1cc(N2CC(CS(=O)(=O)F)CC2=O)ncc1[N+](=O)[O-]. The lowest BCUT2D eigenvalue weighted by atomic mass is 10.1. The molecule has 1 aromatic rings. The molecule has 1 atom stereocenters. The Labute approximate surface area is 119 Å². The van der Waals surface area contributed by atoms with Gasteiger partial charge in [0.05, 0.1) is 10.7 Å². The number of aromatic nitrogens is 1. The lowest BCUT2D eigenvalue weighted by Gasteiger charge is -2.15. The van der Waals surface area contributed by atoms with E-state index in [2.05, 4.69) is 4.98 Å². The van der Waals surface area contributed by atoms with Gasteiger partial charge in [0.1, 0.15) is 12.0 Å². The van der Waals surface area contributed by atoms with Gasteiger partial charge < -0.3 is 0 Å². The smallest absolute Gasteiger partial charge is 0.296 e. The van der Waals surface area contributed by atoms with E-state index in [-0.39, 0.29) is 30.4 Å². The molecular weight excluding hydrogens is 305 g/mol. The van der Waals surface area contributed by atoms with Crippen molar-refractivity contribution in [2.75, 3.05) is 17.2 Å². The molecule has 10 heteroatoms. The highest BCUT2D eigenvalue weighted by molar-refractivity contribution is 7.86. The van der Waals surface area contributed by atoms with Crippen molar-refractivity contribution in [2.45, 2.75) is 13.3 Å². The van der Waals surface area contributed by atoms with Crippen molar-refractivity contribution in [1.29, 1.82) is 0 Å². The Morgan fingerprint density at radius 2 is 2.24 bits per heavy atom. The van der Waals surface area contributed by atoms with Crippen LogP contribution >= 0.6 is 0 Å². The zero-order chi connectivity index (χ0) is 15.8. The van der Waals surface area contributed by atoms with Gasteiger partial charge in [-0.15, -0.1) is 3.89 Å². The van der Waals surface area contributed by atoms with Crippen LogP contribution in [-0.2, 0) is 15.0 Å². The number of amides is 1. The summed E-state index contributed by atoms with van der Waals surface area (Å²) in [6, 6.07) is 1.38. The Morgan fingerprint density at radius 3 is 2.76 bits per heavy atom. The Bertz CT molecular complexity index is 706. The minimum atomic E-state index is -4.65. The van der Waals surface area contributed by atoms with E-state index in [0.29, 0.717) is 5.56 Å². The van der Waals surface area contributed by atoms with Crippen molar-refractivity contribution in [3.05, 3.63) is 27.9 Å². The average molecular weight is 317 g/mol. The number of hydrogen-bond donors (Lipinski definition) is 0. The summed E-state index contributed by atoms with van der Waals surface area (Å²) >= 11 is 0. The summed E-state index contributed by atoms with van der Waals surface area (Å²) in [5, 5.41) is 10.7. The van der Waals surface area contributed by atoms with Gasteiger partial charge in [-0.1, -0.05) is 0 Å². The van der Waals surface area contributed by atoms with Gasteiger partial charge in [0.15, 0.2) is 0 Å². The third-order valence-corrected chi connectivity index (χ3v) is 4.05. The second-order valence-electron chi connectivity index (χ2n) is 4.87. The second kappa shape index (κ2) is 5.35. The normalized spacial score (nSPS) is 19.0. The highest BCUT2D eigenvalue weighted by atomic mass is 32.3. The fourth-order valence-corrected chi connectivity index (χ4v) is 3.06. The first-order valence-corrected chi connectivity index (χ1v) is 7.56. The number of aryl methyl sites for hydroxylation is 1. The van der Waals surface area contributed by atoms with Gasteiger partial charge in [-0.3, -0.25) is 19.8 Å². The standard InChI is InChI=1S/C11H12FN3O5S/c1-7-2-10(13-4-9(7)15(17)18)14-5-8(3-11(14)16)6-21(12,19)20/h2,4,8H,3,5-6H2,1H3. The summed E-state index contributed by atoms with van der Waals surface area (Å²) in [6.07, 6.45) is 0.942. The number of nitrogens with zero attached hydrogens (tertiary/aromatic N) is 3. The fourth-order valence-electron chi connectivity index (χ4n) is 2.27. The molecule has 0 aliphatic carbocycles. The van der Waals surface area contributed by atoms with Crippen molar-refractivity contribution >= 4 is 27.6 Å². The van der Waals surface area contributed by atoms with Gasteiger partial charge >= 0.3 is 10.2 Å². The molecule has 21 heavy (non-hydrogen) atoms. The molecule has 0 radical (unpaired) electrons. The van der Waals surface area contributed by atoms with E-state index in [1.54, 1.807) is 0 Å².